The maximum atomic E-state index is 14.4. The number of nitrogens with zero attached hydrogens (tertiary/aromatic N) is 3. The highest BCUT2D eigenvalue weighted by molar-refractivity contribution is 5.97. The van der Waals surface area contributed by atoms with E-state index in [0.717, 1.165) is 37.6 Å². The molecule has 8 nitrogen and oxygen atoms in total. The summed E-state index contributed by atoms with van der Waals surface area (Å²) in [5, 5.41) is 11.7. The highest BCUT2D eigenvalue weighted by Crippen LogP contribution is 2.34. The number of carbonyl (C=O) groups excluding carboxylic acids is 1. The van der Waals surface area contributed by atoms with Crippen LogP contribution in [0, 0.1) is 5.82 Å². The van der Waals surface area contributed by atoms with Gasteiger partial charge in [-0.15, -0.1) is 0 Å². The number of ether oxygens (including phenoxy) is 1. The Kier molecular flexibility index (Phi) is 5.06. The number of halogens is 1. The van der Waals surface area contributed by atoms with Gasteiger partial charge in [0, 0.05) is 38.9 Å². The number of amides is 1. The van der Waals surface area contributed by atoms with Gasteiger partial charge in [-0.3, -0.25) is 9.69 Å². The summed E-state index contributed by atoms with van der Waals surface area (Å²) in [6.45, 7) is 5.08. The van der Waals surface area contributed by atoms with Crippen molar-refractivity contribution >= 4 is 23.4 Å². The molecule has 2 aromatic rings. The maximum Gasteiger partial charge on any atom is 0.337 e. The van der Waals surface area contributed by atoms with E-state index < -0.39 is 17.9 Å². The zero-order chi connectivity index (χ0) is 20.5. The molecule has 0 spiro atoms. The number of aromatic carboxylic acids is 1. The fourth-order valence-electron chi connectivity index (χ4n) is 3.51. The third-order valence-electron chi connectivity index (χ3n) is 5.12. The van der Waals surface area contributed by atoms with E-state index in [1.807, 2.05) is 0 Å². The van der Waals surface area contributed by atoms with E-state index in [4.69, 9.17) is 9.84 Å². The number of rotatable bonds is 4. The summed E-state index contributed by atoms with van der Waals surface area (Å²) in [6, 6.07) is 6.45. The number of fused-ring (bicyclic) bond motifs is 1. The zero-order valence-corrected chi connectivity index (χ0v) is 15.9. The summed E-state index contributed by atoms with van der Waals surface area (Å²) in [4.78, 5) is 31.2. The van der Waals surface area contributed by atoms with Crippen molar-refractivity contribution in [1.29, 1.82) is 0 Å². The van der Waals surface area contributed by atoms with Crippen LogP contribution in [-0.2, 0) is 11.3 Å². The van der Waals surface area contributed by atoms with Crippen LogP contribution in [0.1, 0.15) is 22.8 Å². The monoisotopic (exact) mass is 400 g/mol. The van der Waals surface area contributed by atoms with Crippen molar-refractivity contribution < 1.29 is 23.8 Å². The number of pyridine rings is 1. The fraction of sp³-hybridized carbons (Fsp3) is 0.350. The molecule has 1 aromatic heterocycles. The topological polar surface area (TPSA) is 95.0 Å². The highest BCUT2D eigenvalue weighted by atomic mass is 19.1. The van der Waals surface area contributed by atoms with E-state index in [2.05, 4.69) is 20.1 Å². The molecule has 2 N–H and O–H groups in total. The van der Waals surface area contributed by atoms with Crippen LogP contribution in [-0.4, -0.2) is 59.1 Å². The van der Waals surface area contributed by atoms with Gasteiger partial charge in [-0.25, -0.2) is 14.2 Å². The Hall–Kier alpha value is -3.20. The Bertz CT molecular complexity index is 942. The average molecular weight is 400 g/mol. The second-order valence-corrected chi connectivity index (χ2v) is 7.18. The van der Waals surface area contributed by atoms with Crippen molar-refractivity contribution in [3.63, 3.8) is 0 Å². The lowest BCUT2D eigenvalue weighted by molar-refractivity contribution is -0.122. The number of carboxylic acids is 1. The lowest BCUT2D eigenvalue weighted by atomic mass is 10.1. The summed E-state index contributed by atoms with van der Waals surface area (Å²) < 4.78 is 19.8. The summed E-state index contributed by atoms with van der Waals surface area (Å²) in [5.74, 6) is -0.943. The van der Waals surface area contributed by atoms with E-state index in [9.17, 15) is 14.0 Å². The predicted octanol–water partition coefficient (Wildman–Crippen LogP) is 1.96. The number of carbonyl (C=O) groups is 2. The molecule has 29 heavy (non-hydrogen) atoms. The minimum Gasteiger partial charge on any atom is -0.478 e. The van der Waals surface area contributed by atoms with Crippen LogP contribution in [0.4, 0.5) is 15.9 Å². The number of piperazine rings is 1. The van der Waals surface area contributed by atoms with E-state index in [1.54, 1.807) is 25.1 Å². The molecule has 0 aliphatic carbocycles. The van der Waals surface area contributed by atoms with Gasteiger partial charge >= 0.3 is 5.97 Å². The van der Waals surface area contributed by atoms with Gasteiger partial charge in [0.1, 0.15) is 5.82 Å². The quantitative estimate of drug-likeness (QED) is 0.810. The number of aromatic nitrogens is 1. The molecule has 1 aromatic carbocycles. The van der Waals surface area contributed by atoms with Gasteiger partial charge in [0.15, 0.2) is 17.7 Å². The molecule has 4 rings (SSSR count). The molecule has 1 atom stereocenters. The number of benzene rings is 1. The average Bonchev–Trinajstić information content (AvgIpc) is 2.70. The van der Waals surface area contributed by atoms with Gasteiger partial charge in [-0.05, 0) is 36.8 Å². The Morgan fingerprint density at radius 2 is 2.07 bits per heavy atom. The number of hydrogen-bond acceptors (Lipinski definition) is 6. The van der Waals surface area contributed by atoms with Crippen LogP contribution in [0.2, 0.25) is 0 Å². The van der Waals surface area contributed by atoms with Gasteiger partial charge in [-0.1, -0.05) is 0 Å². The first-order chi connectivity index (χ1) is 13.9. The minimum atomic E-state index is -0.998. The Labute approximate surface area is 166 Å². The maximum absolute atomic E-state index is 14.4. The predicted molar refractivity (Wildman–Crippen MR) is 104 cm³/mol. The SMILES string of the molecule is CC1Oc2c(F)cc(CN3CCN(c4ccc(C(=O)O)cn4)CC3)cc2NC1=O. The van der Waals surface area contributed by atoms with Crippen LogP contribution in [0.3, 0.4) is 0 Å². The van der Waals surface area contributed by atoms with Gasteiger partial charge in [0.25, 0.3) is 5.91 Å². The number of hydrogen-bond donors (Lipinski definition) is 2. The van der Waals surface area contributed by atoms with Crippen molar-refractivity contribution in [2.45, 2.75) is 19.6 Å². The first kappa shape index (κ1) is 19.1. The first-order valence-electron chi connectivity index (χ1n) is 9.37. The number of nitrogens with one attached hydrogen (secondary N) is 1. The van der Waals surface area contributed by atoms with Crippen molar-refractivity contribution in [3.8, 4) is 5.75 Å². The Balaban J connectivity index is 1.39. The molecule has 2 aliphatic rings. The normalized spacial score (nSPS) is 19.3. The molecule has 9 heteroatoms. The molecule has 0 saturated carbocycles. The van der Waals surface area contributed by atoms with Crippen LogP contribution in [0.25, 0.3) is 0 Å². The first-order valence-corrected chi connectivity index (χ1v) is 9.37. The van der Waals surface area contributed by atoms with Crippen molar-refractivity contribution in [2.75, 3.05) is 36.4 Å². The molecule has 1 unspecified atom stereocenters. The van der Waals surface area contributed by atoms with Crippen LogP contribution >= 0.6 is 0 Å². The van der Waals surface area contributed by atoms with E-state index >= 15 is 0 Å². The highest BCUT2D eigenvalue weighted by Gasteiger charge is 2.27. The Morgan fingerprint density at radius 3 is 2.72 bits per heavy atom. The van der Waals surface area contributed by atoms with Crippen molar-refractivity contribution in [1.82, 2.24) is 9.88 Å². The van der Waals surface area contributed by atoms with Crippen LogP contribution in [0.15, 0.2) is 30.5 Å². The molecule has 152 valence electrons. The van der Waals surface area contributed by atoms with E-state index in [0.29, 0.717) is 12.2 Å². The second kappa shape index (κ2) is 7.67. The molecule has 1 saturated heterocycles. The lowest BCUT2D eigenvalue weighted by Gasteiger charge is -2.35. The van der Waals surface area contributed by atoms with Gasteiger partial charge in [0.2, 0.25) is 0 Å². The third-order valence-corrected chi connectivity index (χ3v) is 5.12. The largest absolute Gasteiger partial charge is 0.478 e. The van der Waals surface area contributed by atoms with Gasteiger partial charge in [-0.2, -0.15) is 0 Å². The standard InChI is InChI=1S/C20H21FN4O4/c1-12-19(26)23-16-9-13(8-15(21)18(16)29-12)11-24-4-6-25(7-5-24)17-3-2-14(10-22-17)20(27)28/h2-3,8-10,12H,4-7,11H2,1H3,(H,23,26)(H,27,28). The van der Waals surface area contributed by atoms with Crippen molar-refractivity contribution in [2.24, 2.45) is 0 Å². The molecule has 0 radical (unpaired) electrons. The van der Waals surface area contributed by atoms with Crippen LogP contribution < -0.4 is 15.0 Å². The molecule has 0 bridgehead atoms. The number of carboxylic acid groups (broad SMARTS) is 1. The van der Waals surface area contributed by atoms with E-state index in [-0.39, 0.29) is 17.2 Å². The third kappa shape index (κ3) is 4.00. The van der Waals surface area contributed by atoms with E-state index in [1.165, 1.54) is 12.3 Å². The lowest BCUT2D eigenvalue weighted by Crippen LogP contribution is -2.46. The Morgan fingerprint density at radius 1 is 1.31 bits per heavy atom. The minimum absolute atomic E-state index is 0.0848. The number of anilines is 2. The summed E-state index contributed by atoms with van der Waals surface area (Å²) in [5.41, 5.74) is 1.29. The van der Waals surface area contributed by atoms with Crippen LogP contribution in [0.5, 0.6) is 5.75 Å². The van der Waals surface area contributed by atoms with Gasteiger partial charge < -0.3 is 20.1 Å². The molecule has 1 amide bonds. The summed E-state index contributed by atoms with van der Waals surface area (Å²) >= 11 is 0. The summed E-state index contributed by atoms with van der Waals surface area (Å²) in [7, 11) is 0. The molecular formula is C20H21FN4O4. The summed E-state index contributed by atoms with van der Waals surface area (Å²) in [6.07, 6.45) is 0.644. The molecule has 2 aliphatic heterocycles. The molecule has 3 heterocycles. The molecular weight excluding hydrogens is 379 g/mol. The molecule has 1 fully saturated rings. The van der Waals surface area contributed by atoms with Gasteiger partial charge in [0.05, 0.1) is 11.3 Å². The second-order valence-electron chi connectivity index (χ2n) is 7.18. The zero-order valence-electron chi connectivity index (χ0n) is 15.9. The van der Waals surface area contributed by atoms with Crippen molar-refractivity contribution in [3.05, 3.63) is 47.4 Å². The fourth-order valence-corrected chi connectivity index (χ4v) is 3.51. The smallest absolute Gasteiger partial charge is 0.337 e.